The summed E-state index contributed by atoms with van der Waals surface area (Å²) in [5.74, 6) is 0.758. The van der Waals surface area contributed by atoms with E-state index in [2.05, 4.69) is 62.2 Å². The molecule has 0 saturated carbocycles. The Balaban J connectivity index is 1.36. The second-order valence-electron chi connectivity index (χ2n) is 6.87. The van der Waals surface area contributed by atoms with Gasteiger partial charge in [0.2, 0.25) is 0 Å². The number of nitrogens with zero attached hydrogens (tertiary/aromatic N) is 5. The maximum atomic E-state index is 4.36. The van der Waals surface area contributed by atoms with E-state index in [1.165, 1.54) is 11.1 Å². The maximum Gasteiger partial charge on any atom is 0.191 e. The van der Waals surface area contributed by atoms with Gasteiger partial charge in [-0.05, 0) is 41.0 Å². The van der Waals surface area contributed by atoms with Crippen molar-refractivity contribution >= 4 is 5.96 Å². The molecule has 0 radical (unpaired) electrons. The third-order valence-corrected chi connectivity index (χ3v) is 4.82. The van der Waals surface area contributed by atoms with E-state index in [0.29, 0.717) is 13.1 Å². The monoisotopic (exact) mass is 399 g/mol. The van der Waals surface area contributed by atoms with Crippen LogP contribution in [0.1, 0.15) is 16.7 Å². The molecular weight excluding hydrogens is 374 g/mol. The highest BCUT2D eigenvalue weighted by Gasteiger charge is 2.05. The van der Waals surface area contributed by atoms with Gasteiger partial charge in [-0.2, -0.15) is 10.2 Å². The number of hydrogen-bond acceptors (Lipinski definition) is 3. The maximum absolute atomic E-state index is 4.36. The molecule has 0 bridgehead atoms. The number of aromatic nitrogens is 4. The van der Waals surface area contributed by atoms with Gasteiger partial charge in [0.05, 0.1) is 12.2 Å². The topological polar surface area (TPSA) is 72.1 Å². The minimum absolute atomic E-state index is 0.670. The molecule has 7 heteroatoms. The summed E-state index contributed by atoms with van der Waals surface area (Å²) in [6, 6.07) is 20.5. The molecule has 0 saturated heterocycles. The van der Waals surface area contributed by atoms with E-state index in [4.69, 9.17) is 0 Å². The third kappa shape index (κ3) is 4.94. The Morgan fingerprint density at radius 1 is 0.867 bits per heavy atom. The van der Waals surface area contributed by atoms with Gasteiger partial charge >= 0.3 is 0 Å². The summed E-state index contributed by atoms with van der Waals surface area (Å²) >= 11 is 0. The van der Waals surface area contributed by atoms with E-state index in [-0.39, 0.29) is 0 Å². The van der Waals surface area contributed by atoms with Gasteiger partial charge in [0, 0.05) is 44.9 Å². The average molecular weight is 400 g/mol. The Morgan fingerprint density at radius 2 is 1.67 bits per heavy atom. The van der Waals surface area contributed by atoms with Crippen molar-refractivity contribution in [3.63, 3.8) is 0 Å². The van der Waals surface area contributed by atoms with Gasteiger partial charge in [-0.15, -0.1) is 0 Å². The summed E-state index contributed by atoms with van der Waals surface area (Å²) < 4.78 is 3.78. The van der Waals surface area contributed by atoms with Gasteiger partial charge in [0.1, 0.15) is 0 Å². The molecule has 0 spiro atoms. The lowest BCUT2D eigenvalue weighted by molar-refractivity contribution is 0.677. The van der Waals surface area contributed by atoms with Crippen molar-refractivity contribution in [3.05, 3.63) is 102 Å². The van der Waals surface area contributed by atoms with Crippen LogP contribution in [0, 0.1) is 0 Å². The van der Waals surface area contributed by atoms with Gasteiger partial charge in [0.25, 0.3) is 0 Å². The highest BCUT2D eigenvalue weighted by Crippen LogP contribution is 2.11. The van der Waals surface area contributed by atoms with Crippen molar-refractivity contribution in [2.24, 2.45) is 4.99 Å². The second kappa shape index (κ2) is 9.56. The van der Waals surface area contributed by atoms with Gasteiger partial charge < -0.3 is 10.6 Å². The Morgan fingerprint density at radius 3 is 2.43 bits per heavy atom. The summed E-state index contributed by atoms with van der Waals surface area (Å²) in [5, 5.41) is 15.4. The number of nitrogens with one attached hydrogen (secondary N) is 2. The van der Waals surface area contributed by atoms with Crippen LogP contribution in [0.2, 0.25) is 0 Å². The first kappa shape index (κ1) is 19.4. The molecule has 0 amide bonds. The second-order valence-corrected chi connectivity index (χ2v) is 6.87. The number of hydrogen-bond donors (Lipinski definition) is 2. The molecule has 0 aliphatic rings. The van der Waals surface area contributed by atoms with E-state index in [1.807, 2.05) is 46.0 Å². The molecule has 152 valence electrons. The molecule has 0 fully saturated rings. The summed E-state index contributed by atoms with van der Waals surface area (Å²) in [5.41, 5.74) is 4.65. The normalized spacial score (nSPS) is 11.4. The van der Waals surface area contributed by atoms with E-state index in [9.17, 15) is 0 Å². The standard InChI is InChI=1S/C23H25N7/c1-24-23(25-16-19-7-4-10-22(15-19)30-14-6-12-28-30)26-17-20-8-2-3-9-21(20)18-29-13-5-11-27-29/h2-15H,16-18H2,1H3,(H2,24,25,26). The Kier molecular flexibility index (Phi) is 6.19. The summed E-state index contributed by atoms with van der Waals surface area (Å²) in [7, 11) is 1.78. The number of benzene rings is 2. The molecule has 7 nitrogen and oxygen atoms in total. The fourth-order valence-electron chi connectivity index (χ4n) is 3.27. The molecule has 0 aliphatic heterocycles. The molecule has 4 rings (SSSR count). The zero-order chi connectivity index (χ0) is 20.6. The number of guanidine groups is 1. The minimum atomic E-state index is 0.670. The largest absolute Gasteiger partial charge is 0.352 e. The smallest absolute Gasteiger partial charge is 0.191 e. The summed E-state index contributed by atoms with van der Waals surface area (Å²) in [6.45, 7) is 2.10. The average Bonchev–Trinajstić information content (AvgIpc) is 3.50. The van der Waals surface area contributed by atoms with Crippen molar-refractivity contribution in [2.45, 2.75) is 19.6 Å². The first-order valence-electron chi connectivity index (χ1n) is 9.89. The summed E-state index contributed by atoms with van der Waals surface area (Å²) in [6.07, 6.45) is 7.49. The van der Waals surface area contributed by atoms with Gasteiger partial charge in [-0.3, -0.25) is 9.67 Å². The molecule has 2 heterocycles. The van der Waals surface area contributed by atoms with Gasteiger partial charge in [-0.1, -0.05) is 36.4 Å². The van der Waals surface area contributed by atoms with Crippen molar-refractivity contribution in [3.8, 4) is 5.69 Å². The fraction of sp³-hybridized carbons (Fsp3) is 0.174. The zero-order valence-electron chi connectivity index (χ0n) is 16.9. The molecule has 2 aromatic heterocycles. The molecule has 30 heavy (non-hydrogen) atoms. The van der Waals surface area contributed by atoms with E-state index in [0.717, 1.165) is 23.8 Å². The van der Waals surface area contributed by atoms with Crippen LogP contribution < -0.4 is 10.6 Å². The van der Waals surface area contributed by atoms with Crippen LogP contribution >= 0.6 is 0 Å². The highest BCUT2D eigenvalue weighted by atomic mass is 15.3. The van der Waals surface area contributed by atoms with Crippen LogP contribution in [0.4, 0.5) is 0 Å². The zero-order valence-corrected chi connectivity index (χ0v) is 16.9. The van der Waals surface area contributed by atoms with Crippen LogP contribution in [0.3, 0.4) is 0 Å². The lowest BCUT2D eigenvalue weighted by Crippen LogP contribution is -2.36. The lowest BCUT2D eigenvalue weighted by atomic mass is 10.1. The van der Waals surface area contributed by atoms with Crippen LogP contribution in [0.25, 0.3) is 5.69 Å². The van der Waals surface area contributed by atoms with E-state index in [1.54, 1.807) is 19.4 Å². The molecule has 0 atom stereocenters. The predicted molar refractivity (Wildman–Crippen MR) is 118 cm³/mol. The highest BCUT2D eigenvalue weighted by molar-refractivity contribution is 5.79. The Hall–Kier alpha value is -3.87. The molecule has 0 unspecified atom stereocenters. The molecular formula is C23H25N7. The van der Waals surface area contributed by atoms with Crippen molar-refractivity contribution < 1.29 is 0 Å². The van der Waals surface area contributed by atoms with Crippen molar-refractivity contribution in [1.82, 2.24) is 30.2 Å². The minimum Gasteiger partial charge on any atom is -0.352 e. The van der Waals surface area contributed by atoms with Crippen LogP contribution in [-0.4, -0.2) is 32.6 Å². The molecule has 2 aromatic carbocycles. The third-order valence-electron chi connectivity index (χ3n) is 4.82. The SMILES string of the molecule is CN=C(NCc1cccc(-n2cccn2)c1)NCc1ccccc1Cn1cccn1. The van der Waals surface area contributed by atoms with Gasteiger partial charge in [-0.25, -0.2) is 4.68 Å². The molecule has 2 N–H and O–H groups in total. The van der Waals surface area contributed by atoms with E-state index >= 15 is 0 Å². The van der Waals surface area contributed by atoms with Crippen molar-refractivity contribution in [2.75, 3.05) is 7.05 Å². The fourth-order valence-corrected chi connectivity index (χ4v) is 3.27. The quantitative estimate of drug-likeness (QED) is 0.370. The van der Waals surface area contributed by atoms with Crippen LogP contribution in [0.5, 0.6) is 0 Å². The van der Waals surface area contributed by atoms with Crippen LogP contribution in [-0.2, 0) is 19.6 Å². The predicted octanol–water partition coefficient (Wildman–Crippen LogP) is 2.98. The lowest BCUT2D eigenvalue weighted by Gasteiger charge is -2.15. The summed E-state index contributed by atoms with van der Waals surface area (Å²) in [4.78, 5) is 4.36. The Bertz CT molecular complexity index is 1080. The van der Waals surface area contributed by atoms with Crippen molar-refractivity contribution in [1.29, 1.82) is 0 Å². The first-order valence-corrected chi connectivity index (χ1v) is 9.89. The number of rotatable bonds is 7. The number of aliphatic imine (C=N–C) groups is 1. The molecule has 0 aliphatic carbocycles. The Labute approximate surface area is 176 Å². The van der Waals surface area contributed by atoms with Crippen LogP contribution in [0.15, 0.2) is 90.4 Å². The molecule has 4 aromatic rings. The first-order chi connectivity index (χ1) is 14.8. The van der Waals surface area contributed by atoms with E-state index < -0.39 is 0 Å². The van der Waals surface area contributed by atoms with Gasteiger partial charge in [0.15, 0.2) is 5.96 Å².